The second-order valence-electron chi connectivity index (χ2n) is 8.20. The summed E-state index contributed by atoms with van der Waals surface area (Å²) >= 11 is 0. The molecule has 1 aromatic heterocycles. The number of aliphatic hydroxyl groups is 1. The van der Waals surface area contributed by atoms with Gasteiger partial charge in [0.05, 0.1) is 45.1 Å². The second-order valence-corrected chi connectivity index (χ2v) is 8.20. The standard InChI is InChI=1S/C26H30N2O7.ClH/c1-32-19-11-15-18(14-22(19)35-4)26(31)28(9-5-7-27-8-6-10-29)24-16-12-20(33-2)21(34-3)13-17(16)25(30)23(15)24;/h11-14,27,29H,5-10H2,1-4H3;1H. The van der Waals surface area contributed by atoms with Crippen molar-refractivity contribution in [3.05, 3.63) is 45.7 Å². The summed E-state index contributed by atoms with van der Waals surface area (Å²) in [5, 5.41) is 13.1. The number of rotatable bonds is 11. The molecular formula is C26H31ClN2O7. The van der Waals surface area contributed by atoms with Gasteiger partial charge >= 0.3 is 0 Å². The number of pyridine rings is 1. The molecule has 0 radical (unpaired) electrons. The van der Waals surface area contributed by atoms with Crippen LogP contribution >= 0.6 is 12.4 Å². The Hall–Kier alpha value is -3.27. The van der Waals surface area contributed by atoms with Crippen LogP contribution in [0.4, 0.5) is 0 Å². The van der Waals surface area contributed by atoms with Crippen molar-refractivity contribution in [2.75, 3.05) is 48.1 Å². The van der Waals surface area contributed by atoms with E-state index in [4.69, 9.17) is 24.1 Å². The molecule has 2 N–H and O–H groups in total. The van der Waals surface area contributed by atoms with Gasteiger partial charge in [-0.25, -0.2) is 0 Å². The summed E-state index contributed by atoms with van der Waals surface area (Å²) in [4.78, 5) is 27.5. The number of ether oxygens (including phenoxy) is 4. The van der Waals surface area contributed by atoms with E-state index in [-0.39, 0.29) is 30.4 Å². The fraction of sp³-hybridized carbons (Fsp3) is 0.385. The summed E-state index contributed by atoms with van der Waals surface area (Å²) in [6, 6.07) is 6.73. The highest BCUT2D eigenvalue weighted by Crippen LogP contribution is 2.45. The highest BCUT2D eigenvalue weighted by molar-refractivity contribution is 6.27. The Morgan fingerprint density at radius 1 is 0.778 bits per heavy atom. The molecule has 194 valence electrons. The van der Waals surface area contributed by atoms with Gasteiger partial charge in [0, 0.05) is 29.7 Å². The maximum Gasteiger partial charge on any atom is 0.259 e. The van der Waals surface area contributed by atoms with E-state index in [0.29, 0.717) is 88.6 Å². The lowest BCUT2D eigenvalue weighted by Gasteiger charge is -2.17. The van der Waals surface area contributed by atoms with E-state index in [2.05, 4.69) is 5.32 Å². The molecular weight excluding hydrogens is 488 g/mol. The van der Waals surface area contributed by atoms with E-state index in [1.54, 1.807) is 28.8 Å². The minimum Gasteiger partial charge on any atom is -0.493 e. The van der Waals surface area contributed by atoms with Gasteiger partial charge in [-0.15, -0.1) is 12.4 Å². The van der Waals surface area contributed by atoms with Gasteiger partial charge in [0.2, 0.25) is 0 Å². The van der Waals surface area contributed by atoms with Gasteiger partial charge in [0.15, 0.2) is 28.8 Å². The molecule has 0 fully saturated rings. The van der Waals surface area contributed by atoms with Crippen molar-refractivity contribution in [3.8, 4) is 34.3 Å². The Morgan fingerprint density at radius 2 is 1.31 bits per heavy atom. The molecule has 0 saturated carbocycles. The van der Waals surface area contributed by atoms with Crippen molar-refractivity contribution in [1.82, 2.24) is 9.88 Å². The predicted octanol–water partition coefficient (Wildman–Crippen LogP) is 3.03. The van der Waals surface area contributed by atoms with E-state index in [1.165, 1.54) is 28.4 Å². The van der Waals surface area contributed by atoms with Crippen LogP contribution in [0, 0.1) is 0 Å². The average molecular weight is 519 g/mol. The van der Waals surface area contributed by atoms with E-state index in [9.17, 15) is 9.59 Å². The van der Waals surface area contributed by atoms with E-state index in [0.717, 1.165) is 0 Å². The van der Waals surface area contributed by atoms with Crippen molar-refractivity contribution in [1.29, 1.82) is 0 Å². The SMILES string of the molecule is COc1cc2c(cc1OC)-c1c(c3cc(OC)c(OC)cc3c(=O)n1CCCNCCCO)C2=O.Cl. The molecule has 10 heteroatoms. The molecule has 0 atom stereocenters. The van der Waals surface area contributed by atoms with Crippen LogP contribution in [0.15, 0.2) is 29.1 Å². The minimum atomic E-state index is -0.217. The van der Waals surface area contributed by atoms with Crippen LogP contribution in [0.1, 0.15) is 28.8 Å². The number of hydrogen-bond acceptors (Lipinski definition) is 8. The number of hydrogen-bond donors (Lipinski definition) is 2. The van der Waals surface area contributed by atoms with Crippen LogP contribution < -0.4 is 29.8 Å². The largest absolute Gasteiger partial charge is 0.493 e. The number of aromatic nitrogens is 1. The molecule has 9 nitrogen and oxygen atoms in total. The first-order valence-corrected chi connectivity index (χ1v) is 11.5. The molecule has 36 heavy (non-hydrogen) atoms. The highest BCUT2D eigenvalue weighted by Gasteiger charge is 2.34. The molecule has 1 aliphatic rings. The number of benzene rings is 2. The number of nitrogens with one attached hydrogen (secondary N) is 1. The molecule has 4 rings (SSSR count). The zero-order valence-corrected chi connectivity index (χ0v) is 21.6. The molecule has 2 aromatic carbocycles. The number of halogens is 1. The predicted molar refractivity (Wildman–Crippen MR) is 140 cm³/mol. The fourth-order valence-electron chi connectivity index (χ4n) is 4.58. The number of carbonyl (C=O) groups excluding carboxylic acids is 1. The van der Waals surface area contributed by atoms with Gasteiger partial charge in [-0.05, 0) is 50.2 Å². The molecule has 0 spiro atoms. The summed E-state index contributed by atoms with van der Waals surface area (Å²) < 4.78 is 23.4. The van der Waals surface area contributed by atoms with Gasteiger partial charge in [0.25, 0.3) is 5.56 Å². The Morgan fingerprint density at radius 3 is 1.89 bits per heavy atom. The molecule has 3 aromatic rings. The maximum absolute atomic E-state index is 13.8. The van der Waals surface area contributed by atoms with E-state index in [1.807, 2.05) is 0 Å². The molecule has 0 saturated heterocycles. The lowest BCUT2D eigenvalue weighted by molar-refractivity contribution is 0.104. The van der Waals surface area contributed by atoms with Crippen LogP contribution in [-0.2, 0) is 6.54 Å². The van der Waals surface area contributed by atoms with Gasteiger partial charge < -0.3 is 33.9 Å². The van der Waals surface area contributed by atoms with Crippen LogP contribution in [-0.4, -0.2) is 63.6 Å². The minimum absolute atomic E-state index is 0. The first kappa shape index (κ1) is 27.3. The topological polar surface area (TPSA) is 108 Å². The molecule has 1 heterocycles. The van der Waals surface area contributed by atoms with Crippen molar-refractivity contribution >= 4 is 29.0 Å². The number of aliphatic hydroxyl groups excluding tert-OH is 1. The third-order valence-electron chi connectivity index (χ3n) is 6.27. The molecule has 0 bridgehead atoms. The quantitative estimate of drug-likeness (QED) is 0.292. The van der Waals surface area contributed by atoms with Crippen LogP contribution in [0.25, 0.3) is 22.0 Å². The zero-order chi connectivity index (χ0) is 25.1. The van der Waals surface area contributed by atoms with E-state index >= 15 is 0 Å². The summed E-state index contributed by atoms with van der Waals surface area (Å²) in [5.74, 6) is 1.58. The first-order valence-electron chi connectivity index (χ1n) is 11.5. The smallest absolute Gasteiger partial charge is 0.259 e. The van der Waals surface area contributed by atoms with E-state index < -0.39 is 0 Å². The van der Waals surface area contributed by atoms with Crippen molar-refractivity contribution in [2.24, 2.45) is 0 Å². The van der Waals surface area contributed by atoms with Gasteiger partial charge in [-0.2, -0.15) is 0 Å². The van der Waals surface area contributed by atoms with Crippen LogP contribution in [0.3, 0.4) is 0 Å². The number of fused-ring (bicyclic) bond motifs is 5. The number of ketones is 1. The molecule has 0 amide bonds. The molecule has 0 aliphatic heterocycles. The lowest BCUT2D eigenvalue weighted by atomic mass is 10.0. The lowest BCUT2D eigenvalue weighted by Crippen LogP contribution is -2.26. The Balaban J connectivity index is 0.00000361. The van der Waals surface area contributed by atoms with Gasteiger partial charge in [-0.1, -0.05) is 0 Å². The van der Waals surface area contributed by atoms with Crippen molar-refractivity contribution in [3.63, 3.8) is 0 Å². The molecule has 0 unspecified atom stereocenters. The summed E-state index contributed by atoms with van der Waals surface area (Å²) in [6.45, 7) is 1.88. The fourth-order valence-corrected chi connectivity index (χ4v) is 4.58. The number of nitrogens with zero attached hydrogens (tertiary/aromatic N) is 1. The first-order chi connectivity index (χ1) is 17.0. The Kier molecular flexibility index (Phi) is 8.84. The average Bonchev–Trinajstić information content (AvgIpc) is 3.17. The summed E-state index contributed by atoms with van der Waals surface area (Å²) in [6.07, 6.45) is 1.32. The molecule has 1 aliphatic carbocycles. The Bertz CT molecular complexity index is 1340. The zero-order valence-electron chi connectivity index (χ0n) is 20.8. The Labute approximate surface area is 215 Å². The summed E-state index contributed by atoms with van der Waals surface area (Å²) in [5.41, 5.74) is 1.87. The third kappa shape index (κ3) is 4.61. The number of methoxy groups -OCH3 is 4. The van der Waals surface area contributed by atoms with Crippen molar-refractivity contribution in [2.45, 2.75) is 19.4 Å². The van der Waals surface area contributed by atoms with Gasteiger partial charge in [-0.3, -0.25) is 9.59 Å². The second kappa shape index (κ2) is 11.6. The van der Waals surface area contributed by atoms with Gasteiger partial charge in [0.1, 0.15) is 0 Å². The highest BCUT2D eigenvalue weighted by atomic mass is 35.5. The summed E-state index contributed by atoms with van der Waals surface area (Å²) in [7, 11) is 6.07. The van der Waals surface area contributed by atoms with Crippen LogP contribution in [0.5, 0.6) is 23.0 Å². The van der Waals surface area contributed by atoms with Crippen LogP contribution in [0.2, 0.25) is 0 Å². The normalized spacial score (nSPS) is 11.6. The monoisotopic (exact) mass is 518 g/mol. The maximum atomic E-state index is 13.8. The number of carbonyl (C=O) groups is 1. The third-order valence-corrected chi connectivity index (χ3v) is 6.27. The van der Waals surface area contributed by atoms with Crippen molar-refractivity contribution < 1.29 is 28.8 Å².